The lowest BCUT2D eigenvalue weighted by Crippen LogP contribution is -2.45. The first kappa shape index (κ1) is 30.6. The molecule has 0 spiro atoms. The Bertz CT molecular complexity index is 684. The van der Waals surface area contributed by atoms with Gasteiger partial charge in [0.15, 0.2) is 16.6 Å². The molecule has 0 saturated heterocycles. The van der Waals surface area contributed by atoms with E-state index in [2.05, 4.69) is 72.5 Å². The van der Waals surface area contributed by atoms with Gasteiger partial charge in [0, 0.05) is 39.8 Å². The number of Topliss-reactive ketones (excluding diaryl/α,β-unsaturated/α-hetero) is 1. The summed E-state index contributed by atoms with van der Waals surface area (Å²) < 4.78 is 35.0. The van der Waals surface area contributed by atoms with Gasteiger partial charge in [-0.2, -0.15) is 4.79 Å². The van der Waals surface area contributed by atoms with Gasteiger partial charge in [-0.1, -0.05) is 41.5 Å². The van der Waals surface area contributed by atoms with E-state index < -0.39 is 35.5 Å². The SMILES string of the molecule is COP(=O)(OC)C(=[N+]=[N-])C(=O)CC(CO[Si](C)(C)C(C)(C)C)CO[Si](C)(C)C(C)(C)C. The minimum absolute atomic E-state index is 0.0152. The third kappa shape index (κ3) is 8.44. The van der Waals surface area contributed by atoms with Crippen LogP contribution in [-0.2, 0) is 27.3 Å². The van der Waals surface area contributed by atoms with Crippen molar-refractivity contribution in [1.29, 1.82) is 0 Å². The van der Waals surface area contributed by atoms with Crippen LogP contribution >= 0.6 is 7.60 Å². The Kier molecular flexibility index (Phi) is 11.0. The Hall–Kier alpha value is -0.446. The van der Waals surface area contributed by atoms with Gasteiger partial charge in [0.2, 0.25) is 0 Å². The van der Waals surface area contributed by atoms with Crippen LogP contribution in [0.25, 0.3) is 5.53 Å². The van der Waals surface area contributed by atoms with Crippen LogP contribution in [0.1, 0.15) is 48.0 Å². The number of carbonyl (C=O) groups excluding carboxylic acids is 1. The van der Waals surface area contributed by atoms with Crippen molar-refractivity contribution in [2.24, 2.45) is 5.92 Å². The van der Waals surface area contributed by atoms with E-state index in [0.29, 0.717) is 13.2 Å². The molecule has 0 aromatic carbocycles. The lowest BCUT2D eigenvalue weighted by Gasteiger charge is -2.39. The van der Waals surface area contributed by atoms with E-state index in [4.69, 9.17) is 17.9 Å². The Balaban J connectivity index is 5.70. The first-order valence-electron chi connectivity index (χ1n) is 10.5. The molecule has 0 N–H and O–H groups in total. The van der Waals surface area contributed by atoms with Crippen LogP contribution in [0.4, 0.5) is 0 Å². The molecule has 0 bridgehead atoms. The van der Waals surface area contributed by atoms with Gasteiger partial charge < -0.3 is 23.4 Å². The molecule has 0 aliphatic carbocycles. The van der Waals surface area contributed by atoms with Crippen molar-refractivity contribution in [2.45, 2.75) is 84.2 Å². The highest BCUT2D eigenvalue weighted by atomic mass is 31.2. The van der Waals surface area contributed by atoms with Gasteiger partial charge >= 0.3 is 13.0 Å². The Labute approximate surface area is 190 Å². The van der Waals surface area contributed by atoms with E-state index in [0.717, 1.165) is 14.2 Å². The standard InChI is InChI=1S/C20H43N2O6PSi2/c1-19(2,3)30(9,10)27-14-16(15-28-31(11,12)20(4,5)6)13-17(23)18(22-21)29(24,25-7)26-8/h16H,13-15H2,1-12H3. The number of ketones is 1. The third-order valence-electron chi connectivity index (χ3n) is 6.53. The smallest absolute Gasteiger partial charge is 0.416 e. The average molecular weight is 495 g/mol. The lowest BCUT2D eigenvalue weighted by atomic mass is 10.1. The van der Waals surface area contributed by atoms with Gasteiger partial charge in [-0.3, -0.25) is 4.79 Å². The molecule has 0 aromatic heterocycles. The molecule has 0 unspecified atom stereocenters. The van der Waals surface area contributed by atoms with Crippen molar-refractivity contribution >= 4 is 35.5 Å². The van der Waals surface area contributed by atoms with E-state index in [-0.39, 0.29) is 22.4 Å². The van der Waals surface area contributed by atoms with Crippen LogP contribution in [0.2, 0.25) is 36.3 Å². The summed E-state index contributed by atoms with van der Waals surface area (Å²) in [6, 6.07) is 0. The normalized spacial score (nSPS) is 14.0. The minimum atomic E-state index is -3.97. The molecule has 182 valence electrons. The summed E-state index contributed by atoms with van der Waals surface area (Å²) in [6.45, 7) is 22.1. The second kappa shape index (κ2) is 11.1. The van der Waals surface area contributed by atoms with E-state index >= 15 is 0 Å². The first-order valence-corrected chi connectivity index (χ1v) is 17.9. The highest BCUT2D eigenvalue weighted by Crippen LogP contribution is 2.48. The number of hydrogen-bond donors (Lipinski definition) is 0. The van der Waals surface area contributed by atoms with Gasteiger partial charge in [-0.05, 0) is 36.3 Å². The summed E-state index contributed by atoms with van der Waals surface area (Å²) >= 11 is 0. The van der Waals surface area contributed by atoms with Crippen LogP contribution in [0.5, 0.6) is 0 Å². The fourth-order valence-electron chi connectivity index (χ4n) is 2.12. The third-order valence-corrected chi connectivity index (χ3v) is 17.4. The van der Waals surface area contributed by atoms with Crippen molar-refractivity contribution < 1.29 is 32.0 Å². The first-order chi connectivity index (χ1) is 13.8. The second-order valence-electron chi connectivity index (χ2n) is 10.9. The molecule has 0 heterocycles. The molecule has 0 aromatic rings. The van der Waals surface area contributed by atoms with Crippen molar-refractivity contribution in [3.63, 3.8) is 0 Å². The largest absolute Gasteiger partial charge is 0.446 e. The highest BCUT2D eigenvalue weighted by molar-refractivity contribution is 7.74. The predicted molar refractivity (Wildman–Crippen MR) is 130 cm³/mol. The molecule has 0 aliphatic rings. The minimum Gasteiger partial charge on any atom is -0.416 e. The van der Waals surface area contributed by atoms with Crippen LogP contribution in [-0.4, -0.2) is 60.1 Å². The maximum Gasteiger partial charge on any atom is 0.446 e. The number of nitrogens with zero attached hydrogens (tertiary/aromatic N) is 2. The van der Waals surface area contributed by atoms with Gasteiger partial charge in [0.25, 0.3) is 5.78 Å². The van der Waals surface area contributed by atoms with Gasteiger partial charge in [0.05, 0.1) is 0 Å². The maximum atomic E-state index is 12.9. The fourth-order valence-corrected chi connectivity index (χ4v) is 5.29. The summed E-state index contributed by atoms with van der Waals surface area (Å²) in [6.07, 6.45) is -0.0562. The summed E-state index contributed by atoms with van der Waals surface area (Å²) in [5.41, 5.74) is 8.72. The summed E-state index contributed by atoms with van der Waals surface area (Å²) in [4.78, 5) is 15.8. The molecule has 0 fully saturated rings. The van der Waals surface area contributed by atoms with Gasteiger partial charge in [0.1, 0.15) is 0 Å². The maximum absolute atomic E-state index is 12.9. The summed E-state index contributed by atoms with van der Waals surface area (Å²) in [7, 11) is -5.80. The van der Waals surface area contributed by atoms with E-state index in [9.17, 15) is 14.9 Å². The number of rotatable bonds is 12. The topological polar surface area (TPSA) is 107 Å². The molecule has 0 radical (unpaired) electrons. The van der Waals surface area contributed by atoms with E-state index in [1.165, 1.54) is 0 Å². The molecular weight excluding hydrogens is 451 g/mol. The predicted octanol–water partition coefficient (Wildman–Crippen LogP) is 5.72. The van der Waals surface area contributed by atoms with Crippen molar-refractivity contribution in [3.05, 3.63) is 5.53 Å². The zero-order valence-corrected chi connectivity index (χ0v) is 24.4. The molecule has 31 heavy (non-hydrogen) atoms. The zero-order chi connectivity index (χ0) is 24.9. The van der Waals surface area contributed by atoms with Crippen LogP contribution in [0, 0.1) is 5.92 Å². The van der Waals surface area contributed by atoms with Crippen LogP contribution < -0.4 is 0 Å². The fraction of sp³-hybridized carbons (Fsp3) is 0.900. The Morgan fingerprint density at radius 2 is 1.26 bits per heavy atom. The quantitative estimate of drug-likeness (QED) is 0.113. The Morgan fingerprint density at radius 1 is 0.903 bits per heavy atom. The summed E-state index contributed by atoms with van der Waals surface area (Å²) in [5, 5.41) is 0.0305. The molecule has 11 heteroatoms. The Morgan fingerprint density at radius 3 is 1.52 bits per heavy atom. The molecule has 0 saturated carbocycles. The van der Waals surface area contributed by atoms with Crippen molar-refractivity contribution in [3.8, 4) is 0 Å². The highest BCUT2D eigenvalue weighted by Gasteiger charge is 2.45. The molecular formula is C20H43N2O6PSi2. The average Bonchev–Trinajstić information content (AvgIpc) is 2.62. The van der Waals surface area contributed by atoms with E-state index in [1.807, 2.05) is 0 Å². The molecule has 0 aliphatic heterocycles. The monoisotopic (exact) mass is 494 g/mol. The van der Waals surface area contributed by atoms with Crippen molar-refractivity contribution in [2.75, 3.05) is 27.4 Å². The van der Waals surface area contributed by atoms with E-state index in [1.54, 1.807) is 0 Å². The zero-order valence-electron chi connectivity index (χ0n) is 21.5. The number of hydrogen-bond acceptors (Lipinski definition) is 6. The van der Waals surface area contributed by atoms with Gasteiger partial charge in [-0.15, -0.1) is 0 Å². The molecule has 0 atom stereocenters. The van der Waals surface area contributed by atoms with Crippen LogP contribution in [0.3, 0.4) is 0 Å². The van der Waals surface area contributed by atoms with Crippen molar-refractivity contribution in [1.82, 2.24) is 0 Å². The molecule has 0 rings (SSSR count). The summed E-state index contributed by atoms with van der Waals surface area (Å²) in [5.74, 6) is -0.910. The number of carbonyl (C=O) groups is 1. The lowest BCUT2D eigenvalue weighted by molar-refractivity contribution is -0.118. The van der Waals surface area contributed by atoms with Crippen LogP contribution in [0.15, 0.2) is 0 Å². The molecule has 8 nitrogen and oxygen atoms in total. The molecule has 0 amide bonds. The second-order valence-corrected chi connectivity index (χ2v) is 22.7. The van der Waals surface area contributed by atoms with Gasteiger partial charge in [-0.25, -0.2) is 4.57 Å².